The number of amides is 4. The molecule has 330 valence electrons. The number of nitrogen functional groups attached to an aromatic ring is 1. The molecular formula is C42H50ClF3N6O9. The molecule has 3 aromatic rings. The minimum atomic E-state index is -4.82. The first-order valence-corrected chi connectivity index (χ1v) is 21.0. The van der Waals surface area contributed by atoms with Gasteiger partial charge in [-0.3, -0.25) is 9.69 Å². The maximum atomic E-state index is 14.2. The van der Waals surface area contributed by atoms with Crippen LogP contribution in [-0.2, 0) is 38.1 Å². The number of piperidine rings is 3. The average molecular weight is 875 g/mol. The monoisotopic (exact) mass is 874 g/mol. The number of nitrogens with one attached hydrogen (secondary N) is 1. The number of anilines is 2. The summed E-state index contributed by atoms with van der Waals surface area (Å²) in [4.78, 5) is 72.4. The Hall–Kier alpha value is -5.23. The number of alkyl halides is 3. The lowest BCUT2D eigenvalue weighted by Crippen LogP contribution is -2.52. The molecule has 15 nitrogen and oxygen atoms in total. The van der Waals surface area contributed by atoms with Crippen molar-refractivity contribution in [2.24, 2.45) is 11.8 Å². The molecule has 4 aliphatic heterocycles. The van der Waals surface area contributed by atoms with E-state index in [1.54, 1.807) is 16.7 Å². The van der Waals surface area contributed by atoms with Crippen molar-refractivity contribution in [1.29, 1.82) is 0 Å². The van der Waals surface area contributed by atoms with Crippen LogP contribution < -0.4 is 16.9 Å². The van der Waals surface area contributed by atoms with Crippen LogP contribution >= 0.6 is 11.6 Å². The molecule has 0 spiro atoms. The third-order valence-electron chi connectivity index (χ3n) is 12.6. The number of likely N-dealkylation sites (tertiary alicyclic amines) is 3. The number of halogens is 4. The number of benzene rings is 2. The van der Waals surface area contributed by atoms with Gasteiger partial charge < -0.3 is 44.1 Å². The molecule has 4 amide bonds. The number of carbonyl (C=O) groups is 4. The van der Waals surface area contributed by atoms with Crippen LogP contribution in [0.15, 0.2) is 50.0 Å². The molecule has 61 heavy (non-hydrogen) atoms. The minimum Gasteiger partial charge on any atom is -0.467 e. The normalized spacial score (nSPS) is 19.8. The van der Waals surface area contributed by atoms with Crippen molar-refractivity contribution in [3.63, 3.8) is 0 Å². The van der Waals surface area contributed by atoms with Gasteiger partial charge in [-0.05, 0) is 106 Å². The van der Waals surface area contributed by atoms with E-state index in [4.69, 9.17) is 35.6 Å². The lowest BCUT2D eigenvalue weighted by Gasteiger charge is -2.42. The van der Waals surface area contributed by atoms with Gasteiger partial charge in [-0.2, -0.15) is 13.2 Å². The standard InChI is InChI=1S/C42H50ClF3N6O9/c1-24-36(61-41(57)59-24)35(38(54)58-2)49-14-7-26(8-15-49)27-9-16-50(17-10-27)37(53)33(23-25-21-30(42(44,45)46)34(47)31(43)22-25)60-40(56)51-18-12-29(13-19-51)52-20-11-28-5-3-4-6-32(28)48-39(52)55/h3-6,21-22,26-27,29,33,35H,7-20,23,47H2,1-2H3,(H,48,55)/t33-,35?/m1/s1. The van der Waals surface area contributed by atoms with Gasteiger partial charge in [0, 0.05) is 50.9 Å². The quantitative estimate of drug-likeness (QED) is 0.183. The summed E-state index contributed by atoms with van der Waals surface area (Å²) in [5, 5.41) is 2.64. The third kappa shape index (κ3) is 9.80. The Bertz CT molecular complexity index is 2160. The van der Waals surface area contributed by atoms with Crippen molar-refractivity contribution in [3.05, 3.63) is 80.2 Å². The average Bonchev–Trinajstić information content (AvgIpc) is 3.47. The van der Waals surface area contributed by atoms with Crippen LogP contribution in [0.25, 0.3) is 0 Å². The van der Waals surface area contributed by atoms with Crippen molar-refractivity contribution in [3.8, 4) is 0 Å². The number of para-hydroxylation sites is 1. The molecule has 1 unspecified atom stereocenters. The van der Waals surface area contributed by atoms with E-state index in [2.05, 4.69) is 5.32 Å². The molecule has 7 rings (SSSR count). The van der Waals surface area contributed by atoms with E-state index in [-0.39, 0.29) is 65.5 Å². The Balaban J connectivity index is 0.990. The summed E-state index contributed by atoms with van der Waals surface area (Å²) in [6, 6.07) is 8.43. The molecule has 0 aliphatic carbocycles. The molecule has 3 saturated heterocycles. The van der Waals surface area contributed by atoms with E-state index in [1.165, 1.54) is 18.1 Å². The summed E-state index contributed by atoms with van der Waals surface area (Å²) in [6.07, 6.45) is -3.05. The van der Waals surface area contributed by atoms with Gasteiger partial charge in [0.15, 0.2) is 17.9 Å². The number of fused-ring (bicyclic) bond motifs is 1. The molecule has 0 bridgehead atoms. The second-order valence-corrected chi connectivity index (χ2v) is 16.6. The number of esters is 1. The maximum Gasteiger partial charge on any atom is 0.519 e. The lowest BCUT2D eigenvalue weighted by atomic mass is 9.78. The van der Waals surface area contributed by atoms with E-state index < -0.39 is 53.4 Å². The molecule has 0 saturated carbocycles. The van der Waals surface area contributed by atoms with E-state index in [0.717, 1.165) is 30.2 Å². The zero-order valence-electron chi connectivity index (χ0n) is 34.0. The van der Waals surface area contributed by atoms with Gasteiger partial charge in [-0.25, -0.2) is 19.2 Å². The van der Waals surface area contributed by atoms with Crippen LogP contribution in [0.3, 0.4) is 0 Å². The molecule has 3 fully saturated rings. The zero-order valence-corrected chi connectivity index (χ0v) is 34.8. The van der Waals surface area contributed by atoms with E-state index in [0.29, 0.717) is 64.8 Å². The van der Waals surface area contributed by atoms with Gasteiger partial charge in [-0.1, -0.05) is 29.8 Å². The van der Waals surface area contributed by atoms with Crippen LogP contribution in [0.2, 0.25) is 5.02 Å². The topological polar surface area (TPSA) is 181 Å². The van der Waals surface area contributed by atoms with Crippen LogP contribution in [0, 0.1) is 18.8 Å². The summed E-state index contributed by atoms with van der Waals surface area (Å²) in [6.45, 7) is 4.28. The third-order valence-corrected chi connectivity index (χ3v) is 13.0. The highest BCUT2D eigenvalue weighted by Crippen LogP contribution is 2.39. The van der Waals surface area contributed by atoms with Crippen molar-refractivity contribution < 1.29 is 50.7 Å². The van der Waals surface area contributed by atoms with Gasteiger partial charge in [0.25, 0.3) is 5.91 Å². The number of aryl methyl sites for hydroxylation is 1. The molecule has 5 heterocycles. The summed E-state index contributed by atoms with van der Waals surface area (Å²) >= 11 is 6.15. The molecule has 4 aliphatic rings. The van der Waals surface area contributed by atoms with Crippen LogP contribution in [0.1, 0.15) is 72.8 Å². The fourth-order valence-electron chi connectivity index (χ4n) is 9.30. The second kappa shape index (κ2) is 18.4. The van der Waals surface area contributed by atoms with Crippen LogP contribution in [0.5, 0.6) is 0 Å². The second-order valence-electron chi connectivity index (χ2n) is 16.2. The van der Waals surface area contributed by atoms with Gasteiger partial charge in [0.05, 0.1) is 23.4 Å². The molecule has 1 aromatic heterocycles. The number of hydrogen-bond donors (Lipinski definition) is 2. The number of ether oxygens (including phenoxy) is 2. The number of urea groups is 1. The number of nitrogens with zero attached hydrogens (tertiary/aromatic N) is 4. The van der Waals surface area contributed by atoms with Gasteiger partial charge in [0.1, 0.15) is 5.76 Å². The highest BCUT2D eigenvalue weighted by Gasteiger charge is 2.41. The van der Waals surface area contributed by atoms with Crippen molar-refractivity contribution >= 4 is 47.0 Å². The summed E-state index contributed by atoms with van der Waals surface area (Å²) < 4.78 is 63.0. The Morgan fingerprint density at radius 2 is 1.56 bits per heavy atom. The number of hydrogen-bond acceptors (Lipinski definition) is 11. The predicted octanol–water partition coefficient (Wildman–Crippen LogP) is 6.26. The van der Waals surface area contributed by atoms with Crippen molar-refractivity contribution in [2.45, 2.75) is 82.7 Å². The minimum absolute atomic E-state index is 0.0290. The van der Waals surface area contributed by atoms with Crippen LogP contribution in [-0.4, -0.2) is 109 Å². The molecule has 0 radical (unpaired) electrons. The largest absolute Gasteiger partial charge is 0.519 e. The smallest absolute Gasteiger partial charge is 0.467 e. The Morgan fingerprint density at radius 3 is 2.18 bits per heavy atom. The summed E-state index contributed by atoms with van der Waals surface area (Å²) in [5.41, 5.74) is 5.74. The Kier molecular flexibility index (Phi) is 13.2. The number of nitrogens with two attached hydrogens (primary N) is 1. The molecule has 2 atom stereocenters. The number of rotatable bonds is 9. The fraction of sp³-hybridized carbons (Fsp3) is 0.548. The van der Waals surface area contributed by atoms with Crippen molar-refractivity contribution in [1.82, 2.24) is 19.6 Å². The predicted molar refractivity (Wildman–Crippen MR) is 216 cm³/mol. The van der Waals surface area contributed by atoms with E-state index in [1.807, 2.05) is 29.2 Å². The number of carbonyl (C=O) groups excluding carboxylic acids is 4. The fourth-order valence-corrected chi connectivity index (χ4v) is 9.54. The summed E-state index contributed by atoms with van der Waals surface area (Å²) in [5.74, 6) is -1.16. The molecule has 3 N–H and O–H groups in total. The van der Waals surface area contributed by atoms with Gasteiger partial charge >= 0.3 is 30.1 Å². The Labute approximate surface area is 355 Å². The van der Waals surface area contributed by atoms with Gasteiger partial charge in [0.2, 0.25) is 0 Å². The maximum absolute atomic E-state index is 14.2. The van der Waals surface area contributed by atoms with Gasteiger partial charge in [-0.15, -0.1) is 0 Å². The number of methoxy groups -OCH3 is 1. The highest BCUT2D eigenvalue weighted by atomic mass is 35.5. The first-order valence-electron chi connectivity index (χ1n) is 20.6. The summed E-state index contributed by atoms with van der Waals surface area (Å²) in [7, 11) is 1.27. The highest BCUT2D eigenvalue weighted by molar-refractivity contribution is 6.33. The molecule has 2 aromatic carbocycles. The molecule has 19 heteroatoms. The lowest BCUT2D eigenvalue weighted by molar-refractivity contribution is -0.149. The van der Waals surface area contributed by atoms with Crippen molar-refractivity contribution in [2.75, 3.05) is 64.0 Å². The first-order chi connectivity index (χ1) is 29.1. The first kappa shape index (κ1) is 43.8. The van der Waals surface area contributed by atoms with E-state index >= 15 is 0 Å². The van der Waals surface area contributed by atoms with Crippen LogP contribution in [0.4, 0.5) is 34.1 Å². The molecular weight excluding hydrogens is 825 g/mol. The SMILES string of the molecule is COC(=O)C(c1oc(=O)oc1C)N1CCC(C2CCN(C(=O)[C@@H](Cc3cc(Cl)c(N)c(C(F)(F)F)c3)OC(=O)N3CCC(N4CCc5ccccc5NC4=O)CC3)CC2)CC1. The van der Waals surface area contributed by atoms with E-state index in [9.17, 15) is 37.1 Å². The zero-order chi connectivity index (χ0) is 43.6. The Morgan fingerprint density at radius 1 is 0.918 bits per heavy atom.